The number of halogens is 4. The second-order valence-electron chi connectivity index (χ2n) is 7.23. The van der Waals surface area contributed by atoms with Crippen molar-refractivity contribution in [3.8, 4) is 0 Å². The SMILES string of the molecule is C[C@@H]1CCN(Cc2ccc(F)c(F)c2)C[C@H]1c1cc(C(F)F)nc2ncnn12. The first-order chi connectivity index (χ1) is 13.4. The number of aromatic nitrogens is 4. The molecule has 0 bridgehead atoms. The predicted molar refractivity (Wildman–Crippen MR) is 93.9 cm³/mol. The van der Waals surface area contributed by atoms with Gasteiger partial charge in [0.05, 0.1) is 5.69 Å². The van der Waals surface area contributed by atoms with Crippen LogP contribution in [0.4, 0.5) is 17.6 Å². The van der Waals surface area contributed by atoms with Crippen LogP contribution in [0.25, 0.3) is 5.78 Å². The Bertz CT molecular complexity index is 990. The molecule has 2 aromatic heterocycles. The van der Waals surface area contributed by atoms with Gasteiger partial charge in [0.2, 0.25) is 0 Å². The first-order valence-electron chi connectivity index (χ1n) is 9.07. The summed E-state index contributed by atoms with van der Waals surface area (Å²) in [6.45, 7) is 3.89. The van der Waals surface area contributed by atoms with Gasteiger partial charge in [-0.25, -0.2) is 27.1 Å². The van der Waals surface area contributed by atoms with Crippen LogP contribution < -0.4 is 0 Å². The van der Waals surface area contributed by atoms with E-state index in [2.05, 4.69) is 26.9 Å². The third kappa shape index (κ3) is 3.58. The molecule has 3 aromatic rings. The van der Waals surface area contributed by atoms with Crippen molar-refractivity contribution in [1.82, 2.24) is 24.5 Å². The molecule has 9 heteroatoms. The molecule has 2 atom stereocenters. The van der Waals surface area contributed by atoms with E-state index in [-0.39, 0.29) is 23.3 Å². The Balaban J connectivity index is 1.63. The fourth-order valence-electron chi connectivity index (χ4n) is 3.79. The minimum absolute atomic E-state index is 0.0660. The summed E-state index contributed by atoms with van der Waals surface area (Å²) in [7, 11) is 0. The monoisotopic (exact) mass is 393 g/mol. The van der Waals surface area contributed by atoms with Gasteiger partial charge in [0, 0.05) is 19.0 Å². The highest BCUT2D eigenvalue weighted by atomic mass is 19.3. The average Bonchev–Trinajstić information content (AvgIpc) is 3.14. The van der Waals surface area contributed by atoms with E-state index in [0.717, 1.165) is 19.0 Å². The summed E-state index contributed by atoms with van der Waals surface area (Å²) in [4.78, 5) is 9.95. The van der Waals surface area contributed by atoms with Gasteiger partial charge in [0.25, 0.3) is 12.2 Å². The van der Waals surface area contributed by atoms with E-state index in [9.17, 15) is 17.6 Å². The average molecular weight is 393 g/mol. The quantitative estimate of drug-likeness (QED) is 0.630. The van der Waals surface area contributed by atoms with Crippen molar-refractivity contribution in [3.63, 3.8) is 0 Å². The zero-order valence-electron chi connectivity index (χ0n) is 15.2. The lowest BCUT2D eigenvalue weighted by atomic mass is 9.84. The summed E-state index contributed by atoms with van der Waals surface area (Å²) in [6, 6.07) is 5.27. The maximum Gasteiger partial charge on any atom is 0.280 e. The maximum absolute atomic E-state index is 13.5. The molecule has 1 fully saturated rings. The van der Waals surface area contributed by atoms with E-state index in [0.29, 0.717) is 24.3 Å². The van der Waals surface area contributed by atoms with Crippen LogP contribution in [-0.2, 0) is 6.54 Å². The topological polar surface area (TPSA) is 46.3 Å². The van der Waals surface area contributed by atoms with Crippen molar-refractivity contribution < 1.29 is 17.6 Å². The third-order valence-electron chi connectivity index (χ3n) is 5.34. The summed E-state index contributed by atoms with van der Waals surface area (Å²) >= 11 is 0. The Kier molecular flexibility index (Phi) is 5.01. The van der Waals surface area contributed by atoms with Gasteiger partial charge in [-0.2, -0.15) is 10.1 Å². The predicted octanol–water partition coefficient (Wildman–Crippen LogP) is 3.97. The number of rotatable bonds is 4. The smallest absolute Gasteiger partial charge is 0.280 e. The van der Waals surface area contributed by atoms with Crippen molar-refractivity contribution in [2.75, 3.05) is 13.1 Å². The Labute approximate surface area is 159 Å². The van der Waals surface area contributed by atoms with Crippen molar-refractivity contribution in [2.24, 2.45) is 5.92 Å². The van der Waals surface area contributed by atoms with E-state index in [1.165, 1.54) is 23.0 Å². The lowest BCUT2D eigenvalue weighted by molar-refractivity contribution is 0.143. The second-order valence-corrected chi connectivity index (χ2v) is 7.23. The largest absolute Gasteiger partial charge is 0.298 e. The number of likely N-dealkylation sites (tertiary alicyclic amines) is 1. The van der Waals surface area contributed by atoms with Gasteiger partial charge in [0.15, 0.2) is 11.6 Å². The Morgan fingerprint density at radius 1 is 1.18 bits per heavy atom. The highest BCUT2D eigenvalue weighted by Gasteiger charge is 2.31. The van der Waals surface area contributed by atoms with Crippen molar-refractivity contribution >= 4 is 5.78 Å². The summed E-state index contributed by atoms with van der Waals surface area (Å²) < 4.78 is 54.7. The summed E-state index contributed by atoms with van der Waals surface area (Å²) in [5, 5.41) is 4.15. The molecule has 0 aliphatic carbocycles. The molecular weight excluding hydrogens is 374 g/mol. The molecule has 1 aromatic carbocycles. The molecule has 1 saturated heterocycles. The van der Waals surface area contributed by atoms with Gasteiger partial charge in [-0.15, -0.1) is 0 Å². The van der Waals surface area contributed by atoms with Gasteiger partial charge in [-0.1, -0.05) is 13.0 Å². The van der Waals surface area contributed by atoms with Crippen molar-refractivity contribution in [3.05, 3.63) is 59.2 Å². The number of hydrogen-bond donors (Lipinski definition) is 0. The number of nitrogens with zero attached hydrogens (tertiary/aromatic N) is 5. The normalized spacial score (nSPS) is 20.9. The van der Waals surface area contributed by atoms with Crippen molar-refractivity contribution in [2.45, 2.75) is 32.2 Å². The van der Waals surface area contributed by atoms with Crippen LogP contribution >= 0.6 is 0 Å². The first-order valence-corrected chi connectivity index (χ1v) is 9.07. The molecule has 0 radical (unpaired) electrons. The summed E-state index contributed by atoms with van der Waals surface area (Å²) in [5.74, 6) is -1.43. The number of hydrogen-bond acceptors (Lipinski definition) is 4. The fourth-order valence-corrected chi connectivity index (χ4v) is 3.79. The van der Waals surface area contributed by atoms with Crippen LogP contribution in [0, 0.1) is 17.6 Å². The Morgan fingerprint density at radius 2 is 2.00 bits per heavy atom. The lowest BCUT2D eigenvalue weighted by Crippen LogP contribution is -2.38. The molecule has 3 heterocycles. The molecule has 0 amide bonds. The van der Waals surface area contributed by atoms with E-state index in [1.807, 2.05) is 0 Å². The minimum atomic E-state index is -2.70. The van der Waals surface area contributed by atoms with Gasteiger partial charge >= 0.3 is 0 Å². The standard InChI is InChI=1S/C19H19F4N5/c1-11-4-5-27(8-12-2-3-14(20)15(21)6-12)9-13(11)17-7-16(18(22)23)26-19-24-10-25-28(17)19/h2-3,6-7,10-11,13,18H,4-5,8-9H2,1H3/t11-,13-/m1/s1. The maximum atomic E-state index is 13.5. The lowest BCUT2D eigenvalue weighted by Gasteiger charge is -2.37. The minimum Gasteiger partial charge on any atom is -0.298 e. The van der Waals surface area contributed by atoms with Gasteiger partial charge in [-0.05, 0) is 42.6 Å². The fraction of sp³-hybridized carbons (Fsp3) is 0.421. The van der Waals surface area contributed by atoms with Crippen molar-refractivity contribution in [1.29, 1.82) is 0 Å². The first kappa shape index (κ1) is 18.8. The molecule has 1 aliphatic heterocycles. The molecule has 5 nitrogen and oxygen atoms in total. The van der Waals surface area contributed by atoms with E-state index >= 15 is 0 Å². The molecule has 148 valence electrons. The Morgan fingerprint density at radius 3 is 2.75 bits per heavy atom. The molecule has 0 N–H and O–H groups in total. The number of fused-ring (bicyclic) bond motifs is 1. The third-order valence-corrected chi connectivity index (χ3v) is 5.34. The zero-order valence-corrected chi connectivity index (χ0v) is 15.2. The van der Waals surface area contributed by atoms with Gasteiger partial charge in [-0.3, -0.25) is 4.90 Å². The highest BCUT2D eigenvalue weighted by molar-refractivity contribution is 5.33. The highest BCUT2D eigenvalue weighted by Crippen LogP contribution is 2.34. The Hall–Kier alpha value is -2.55. The molecule has 4 rings (SSSR count). The van der Waals surface area contributed by atoms with E-state index < -0.39 is 18.1 Å². The van der Waals surface area contributed by atoms with Gasteiger partial charge < -0.3 is 0 Å². The number of alkyl halides is 2. The summed E-state index contributed by atoms with van der Waals surface area (Å²) in [6.07, 6.45) is -0.553. The van der Waals surface area contributed by atoms with Crippen LogP contribution in [0.5, 0.6) is 0 Å². The van der Waals surface area contributed by atoms with E-state index in [4.69, 9.17) is 0 Å². The molecule has 28 heavy (non-hydrogen) atoms. The molecule has 0 spiro atoms. The number of benzene rings is 1. The molecule has 1 aliphatic rings. The molecular formula is C19H19F4N5. The van der Waals surface area contributed by atoms with Crippen LogP contribution in [0.3, 0.4) is 0 Å². The van der Waals surface area contributed by atoms with Crippen LogP contribution in [0.15, 0.2) is 30.6 Å². The van der Waals surface area contributed by atoms with E-state index in [1.54, 1.807) is 6.07 Å². The second kappa shape index (κ2) is 7.46. The van der Waals surface area contributed by atoms with Gasteiger partial charge in [0.1, 0.15) is 12.0 Å². The number of piperidine rings is 1. The summed E-state index contributed by atoms with van der Waals surface area (Å²) in [5.41, 5.74) is 0.988. The van der Waals surface area contributed by atoms with Crippen LogP contribution in [0.1, 0.15) is 42.6 Å². The van der Waals surface area contributed by atoms with Crippen LogP contribution in [0.2, 0.25) is 0 Å². The van der Waals surface area contributed by atoms with Crippen LogP contribution in [-0.4, -0.2) is 37.6 Å². The zero-order chi connectivity index (χ0) is 19.8. The molecule has 0 saturated carbocycles. The molecule has 0 unspecified atom stereocenters.